The summed E-state index contributed by atoms with van der Waals surface area (Å²) in [5, 5.41) is 6.56. The lowest BCUT2D eigenvalue weighted by Gasteiger charge is -2.14. The molecule has 1 saturated heterocycles. The summed E-state index contributed by atoms with van der Waals surface area (Å²) < 4.78 is 17.1. The van der Waals surface area contributed by atoms with Crippen molar-refractivity contribution >= 4 is 5.96 Å². The summed E-state index contributed by atoms with van der Waals surface area (Å²) >= 11 is 0. The Labute approximate surface area is 163 Å². The summed E-state index contributed by atoms with van der Waals surface area (Å²) in [6, 6.07) is 10.3. The fourth-order valence-electron chi connectivity index (χ4n) is 2.91. The highest BCUT2D eigenvalue weighted by Gasteiger charge is 2.14. The van der Waals surface area contributed by atoms with Crippen molar-refractivity contribution < 1.29 is 14.2 Å². The summed E-state index contributed by atoms with van der Waals surface area (Å²) in [6.45, 7) is 9.36. The first kappa shape index (κ1) is 21.7. The number of guanidine groups is 1. The fourth-order valence-corrected chi connectivity index (χ4v) is 2.91. The number of nitrogens with one attached hydrogen (secondary N) is 2. The Morgan fingerprint density at radius 3 is 2.85 bits per heavy atom. The zero-order valence-corrected chi connectivity index (χ0v) is 16.8. The van der Waals surface area contributed by atoms with Crippen molar-refractivity contribution in [2.45, 2.75) is 45.3 Å². The van der Waals surface area contributed by atoms with Crippen LogP contribution in [0.1, 0.15) is 44.8 Å². The van der Waals surface area contributed by atoms with Crippen LogP contribution in [0.3, 0.4) is 0 Å². The molecule has 0 spiro atoms. The standard InChI is InChI=1S/C21H35N3O3/c1-3-22-21(24-13-16-25-17-20-11-7-14-27-20)23-12-8-15-26-18(2)19-9-5-4-6-10-19/h4-6,9-10,18,20H,3,7-8,11-17H2,1-2H3,(H2,22,23,24). The maximum Gasteiger partial charge on any atom is 0.191 e. The molecule has 0 aliphatic carbocycles. The zero-order chi connectivity index (χ0) is 19.2. The van der Waals surface area contributed by atoms with Gasteiger partial charge < -0.3 is 24.8 Å². The van der Waals surface area contributed by atoms with Gasteiger partial charge in [-0.05, 0) is 38.7 Å². The molecule has 1 aliphatic heterocycles. The van der Waals surface area contributed by atoms with Crippen LogP contribution in [0.15, 0.2) is 35.3 Å². The second-order valence-electron chi connectivity index (χ2n) is 6.67. The van der Waals surface area contributed by atoms with Crippen LogP contribution in [0.4, 0.5) is 0 Å². The molecule has 1 heterocycles. The van der Waals surface area contributed by atoms with E-state index in [-0.39, 0.29) is 12.2 Å². The normalized spacial score (nSPS) is 18.4. The molecule has 2 N–H and O–H groups in total. The lowest BCUT2D eigenvalue weighted by atomic mass is 10.1. The molecule has 27 heavy (non-hydrogen) atoms. The van der Waals surface area contributed by atoms with Gasteiger partial charge in [-0.25, -0.2) is 0 Å². The second-order valence-corrected chi connectivity index (χ2v) is 6.67. The van der Waals surface area contributed by atoms with Crippen LogP contribution in [0.25, 0.3) is 0 Å². The molecule has 0 radical (unpaired) electrons. The number of aliphatic imine (C=N–C) groups is 1. The molecule has 0 bridgehead atoms. The summed E-state index contributed by atoms with van der Waals surface area (Å²) in [6.07, 6.45) is 3.55. The maximum absolute atomic E-state index is 5.89. The smallest absolute Gasteiger partial charge is 0.191 e. The Bertz CT molecular complexity index is 519. The maximum atomic E-state index is 5.89. The van der Waals surface area contributed by atoms with Crippen molar-refractivity contribution in [3.8, 4) is 0 Å². The first-order valence-electron chi connectivity index (χ1n) is 10.2. The lowest BCUT2D eigenvalue weighted by Crippen LogP contribution is -2.39. The van der Waals surface area contributed by atoms with E-state index in [1.807, 2.05) is 18.2 Å². The molecule has 0 aromatic heterocycles. The zero-order valence-electron chi connectivity index (χ0n) is 16.8. The van der Waals surface area contributed by atoms with E-state index in [0.717, 1.165) is 51.5 Å². The highest BCUT2D eigenvalue weighted by Crippen LogP contribution is 2.15. The van der Waals surface area contributed by atoms with Gasteiger partial charge in [0.1, 0.15) is 0 Å². The van der Waals surface area contributed by atoms with Gasteiger partial charge in [-0.3, -0.25) is 4.99 Å². The molecule has 6 nitrogen and oxygen atoms in total. The Morgan fingerprint density at radius 1 is 1.26 bits per heavy atom. The van der Waals surface area contributed by atoms with E-state index < -0.39 is 0 Å². The van der Waals surface area contributed by atoms with Crippen molar-refractivity contribution in [1.82, 2.24) is 10.6 Å². The van der Waals surface area contributed by atoms with Crippen molar-refractivity contribution in [2.75, 3.05) is 46.1 Å². The number of rotatable bonds is 12. The minimum Gasteiger partial charge on any atom is -0.377 e. The monoisotopic (exact) mass is 377 g/mol. The quantitative estimate of drug-likeness (QED) is 0.333. The topological polar surface area (TPSA) is 64.1 Å². The molecule has 2 rings (SSSR count). The molecular weight excluding hydrogens is 342 g/mol. The molecule has 1 aromatic rings. The van der Waals surface area contributed by atoms with E-state index in [2.05, 4.69) is 41.6 Å². The first-order chi connectivity index (χ1) is 13.3. The number of hydrogen-bond acceptors (Lipinski definition) is 4. The summed E-state index contributed by atoms with van der Waals surface area (Å²) in [7, 11) is 0. The van der Waals surface area contributed by atoms with E-state index in [9.17, 15) is 0 Å². The minimum atomic E-state index is 0.113. The third-order valence-electron chi connectivity index (χ3n) is 4.42. The van der Waals surface area contributed by atoms with Gasteiger partial charge in [0.05, 0.1) is 25.4 Å². The van der Waals surface area contributed by atoms with E-state index in [1.165, 1.54) is 5.56 Å². The van der Waals surface area contributed by atoms with Gasteiger partial charge in [-0.1, -0.05) is 30.3 Å². The number of hydrogen-bond donors (Lipinski definition) is 2. The Kier molecular flexibility index (Phi) is 10.9. The molecule has 0 saturated carbocycles. The van der Waals surface area contributed by atoms with Gasteiger partial charge in [-0.15, -0.1) is 0 Å². The molecule has 1 aromatic carbocycles. The molecule has 0 amide bonds. The summed E-state index contributed by atoms with van der Waals surface area (Å²) in [4.78, 5) is 4.59. The Morgan fingerprint density at radius 2 is 2.11 bits per heavy atom. The van der Waals surface area contributed by atoms with E-state index in [1.54, 1.807) is 0 Å². The van der Waals surface area contributed by atoms with Crippen LogP contribution in [-0.2, 0) is 14.2 Å². The van der Waals surface area contributed by atoms with E-state index >= 15 is 0 Å². The largest absolute Gasteiger partial charge is 0.377 e. The molecule has 1 fully saturated rings. The molecular formula is C21H35N3O3. The van der Waals surface area contributed by atoms with Gasteiger partial charge in [-0.2, -0.15) is 0 Å². The predicted octanol–water partition coefficient (Wildman–Crippen LogP) is 2.91. The Balaban J connectivity index is 1.55. The van der Waals surface area contributed by atoms with Crippen LogP contribution in [0, 0.1) is 0 Å². The van der Waals surface area contributed by atoms with Crippen molar-refractivity contribution in [3.63, 3.8) is 0 Å². The molecule has 6 heteroatoms. The van der Waals surface area contributed by atoms with E-state index in [0.29, 0.717) is 19.8 Å². The molecule has 152 valence electrons. The fraction of sp³-hybridized carbons (Fsp3) is 0.667. The van der Waals surface area contributed by atoms with Gasteiger partial charge in [0, 0.05) is 32.8 Å². The van der Waals surface area contributed by atoms with Gasteiger partial charge >= 0.3 is 0 Å². The number of nitrogens with zero attached hydrogens (tertiary/aromatic N) is 1. The lowest BCUT2D eigenvalue weighted by molar-refractivity contribution is 0.0191. The van der Waals surface area contributed by atoms with Crippen LogP contribution >= 0.6 is 0 Å². The van der Waals surface area contributed by atoms with Crippen LogP contribution in [0.5, 0.6) is 0 Å². The SMILES string of the molecule is CCNC(=NCCCOC(C)c1ccccc1)NCCOCC1CCCO1. The van der Waals surface area contributed by atoms with Crippen LogP contribution in [-0.4, -0.2) is 58.1 Å². The Hall–Kier alpha value is -1.63. The predicted molar refractivity (Wildman–Crippen MR) is 109 cm³/mol. The highest BCUT2D eigenvalue weighted by atomic mass is 16.5. The molecule has 1 aliphatic rings. The van der Waals surface area contributed by atoms with Gasteiger partial charge in [0.25, 0.3) is 0 Å². The minimum absolute atomic E-state index is 0.113. The van der Waals surface area contributed by atoms with Crippen molar-refractivity contribution in [1.29, 1.82) is 0 Å². The van der Waals surface area contributed by atoms with Crippen molar-refractivity contribution in [2.24, 2.45) is 4.99 Å². The molecule has 2 unspecified atom stereocenters. The third-order valence-corrected chi connectivity index (χ3v) is 4.42. The second kappa shape index (κ2) is 13.5. The number of ether oxygens (including phenoxy) is 3. The van der Waals surface area contributed by atoms with Crippen molar-refractivity contribution in [3.05, 3.63) is 35.9 Å². The molecule has 2 atom stereocenters. The third kappa shape index (κ3) is 9.22. The van der Waals surface area contributed by atoms with E-state index in [4.69, 9.17) is 14.2 Å². The average molecular weight is 378 g/mol. The number of benzene rings is 1. The van der Waals surface area contributed by atoms with Crippen LogP contribution < -0.4 is 10.6 Å². The average Bonchev–Trinajstić information content (AvgIpc) is 3.21. The summed E-state index contributed by atoms with van der Waals surface area (Å²) in [5.74, 6) is 0.828. The highest BCUT2D eigenvalue weighted by molar-refractivity contribution is 5.79. The summed E-state index contributed by atoms with van der Waals surface area (Å²) in [5.41, 5.74) is 1.21. The van der Waals surface area contributed by atoms with Crippen LogP contribution in [0.2, 0.25) is 0 Å². The van der Waals surface area contributed by atoms with Gasteiger partial charge in [0.2, 0.25) is 0 Å². The van der Waals surface area contributed by atoms with Gasteiger partial charge in [0.15, 0.2) is 5.96 Å². The first-order valence-corrected chi connectivity index (χ1v) is 10.2.